The molecule has 0 radical (unpaired) electrons. The van der Waals surface area contributed by atoms with Crippen molar-refractivity contribution in [1.82, 2.24) is 4.90 Å². The highest BCUT2D eigenvalue weighted by Gasteiger charge is 2.31. The molecular formula is C20H23NO5S2. The Labute approximate surface area is 174 Å². The number of rotatable bonds is 9. The molecule has 0 aliphatic carbocycles. The molecule has 0 saturated carbocycles. The number of esters is 2. The first-order valence-corrected chi connectivity index (χ1v) is 10.3. The van der Waals surface area contributed by atoms with E-state index in [4.69, 9.17) is 17.0 Å². The fraction of sp³-hybridized carbons (Fsp3) is 0.400. The zero-order chi connectivity index (χ0) is 20.5. The topological polar surface area (TPSA) is 72.9 Å². The quantitative estimate of drug-likeness (QED) is 0.260. The third kappa shape index (κ3) is 6.17. The SMILES string of the molecule is CCCCOC(=O)CCCN1C(=O)/C(=C/c2ccc(C(=O)OC)cc2)SC1=S. The minimum Gasteiger partial charge on any atom is -0.466 e. The summed E-state index contributed by atoms with van der Waals surface area (Å²) in [5.41, 5.74) is 1.23. The van der Waals surface area contributed by atoms with E-state index in [9.17, 15) is 14.4 Å². The first kappa shape index (κ1) is 22.1. The summed E-state index contributed by atoms with van der Waals surface area (Å²) in [4.78, 5) is 37.7. The van der Waals surface area contributed by atoms with Gasteiger partial charge in [-0.05, 0) is 36.6 Å². The highest BCUT2D eigenvalue weighted by molar-refractivity contribution is 8.26. The molecule has 0 aromatic heterocycles. The summed E-state index contributed by atoms with van der Waals surface area (Å²) in [6, 6.07) is 6.77. The number of thioether (sulfide) groups is 1. The second kappa shape index (κ2) is 11.0. The Bertz CT molecular complexity index is 773. The number of methoxy groups -OCH3 is 1. The molecule has 1 aliphatic rings. The normalized spacial score (nSPS) is 15.2. The zero-order valence-electron chi connectivity index (χ0n) is 15.9. The van der Waals surface area contributed by atoms with Gasteiger partial charge in [0.1, 0.15) is 4.32 Å². The van der Waals surface area contributed by atoms with Gasteiger partial charge in [0.25, 0.3) is 5.91 Å². The van der Waals surface area contributed by atoms with Crippen LogP contribution in [-0.4, -0.2) is 47.3 Å². The summed E-state index contributed by atoms with van der Waals surface area (Å²) < 4.78 is 10.3. The van der Waals surface area contributed by atoms with E-state index < -0.39 is 5.97 Å². The lowest BCUT2D eigenvalue weighted by Crippen LogP contribution is -2.29. The second-order valence-corrected chi connectivity index (χ2v) is 7.80. The number of ether oxygens (including phenoxy) is 2. The highest BCUT2D eigenvalue weighted by atomic mass is 32.2. The molecule has 0 spiro atoms. The van der Waals surface area contributed by atoms with Gasteiger partial charge in [-0.15, -0.1) is 0 Å². The summed E-state index contributed by atoms with van der Waals surface area (Å²) in [5, 5.41) is 0. The second-order valence-electron chi connectivity index (χ2n) is 6.12. The smallest absolute Gasteiger partial charge is 0.337 e. The molecule has 28 heavy (non-hydrogen) atoms. The number of carbonyl (C=O) groups is 3. The number of benzene rings is 1. The van der Waals surface area contributed by atoms with Gasteiger partial charge in [-0.3, -0.25) is 14.5 Å². The Balaban J connectivity index is 1.91. The molecule has 1 aromatic rings. The molecule has 150 valence electrons. The summed E-state index contributed by atoms with van der Waals surface area (Å²) in [5.74, 6) is -0.836. The monoisotopic (exact) mass is 421 g/mol. The van der Waals surface area contributed by atoms with E-state index in [1.807, 2.05) is 6.92 Å². The molecule has 6 nitrogen and oxygen atoms in total. The van der Waals surface area contributed by atoms with Crippen LogP contribution in [0.25, 0.3) is 6.08 Å². The number of amides is 1. The maximum atomic E-state index is 12.6. The molecule has 1 aliphatic heterocycles. The van der Waals surface area contributed by atoms with Crippen molar-refractivity contribution in [2.45, 2.75) is 32.6 Å². The van der Waals surface area contributed by atoms with Gasteiger partial charge < -0.3 is 9.47 Å². The molecule has 0 unspecified atom stereocenters. The predicted octanol–water partition coefficient (Wildman–Crippen LogP) is 3.80. The first-order valence-electron chi connectivity index (χ1n) is 9.05. The molecule has 1 heterocycles. The predicted molar refractivity (Wildman–Crippen MR) is 113 cm³/mol. The van der Waals surface area contributed by atoms with Crippen molar-refractivity contribution < 1.29 is 23.9 Å². The van der Waals surface area contributed by atoms with Crippen LogP contribution in [0.3, 0.4) is 0 Å². The van der Waals surface area contributed by atoms with Crippen LogP contribution < -0.4 is 0 Å². The van der Waals surface area contributed by atoms with Gasteiger partial charge in [-0.2, -0.15) is 0 Å². The van der Waals surface area contributed by atoms with Crippen molar-refractivity contribution >= 4 is 52.2 Å². The van der Waals surface area contributed by atoms with Crippen molar-refractivity contribution in [3.63, 3.8) is 0 Å². The van der Waals surface area contributed by atoms with Gasteiger partial charge in [-0.25, -0.2) is 4.79 Å². The molecule has 1 amide bonds. The largest absolute Gasteiger partial charge is 0.466 e. The summed E-state index contributed by atoms with van der Waals surface area (Å²) in [7, 11) is 1.33. The Hall–Kier alpha value is -2.19. The molecule has 1 fully saturated rings. The minimum atomic E-state index is -0.411. The number of hydrogen-bond donors (Lipinski definition) is 0. The summed E-state index contributed by atoms with van der Waals surface area (Å²) in [6.45, 7) is 2.85. The highest BCUT2D eigenvalue weighted by Crippen LogP contribution is 2.32. The van der Waals surface area contributed by atoms with Gasteiger partial charge in [0, 0.05) is 13.0 Å². The van der Waals surface area contributed by atoms with E-state index in [0.717, 1.165) is 18.4 Å². The summed E-state index contributed by atoms with van der Waals surface area (Å²) in [6.07, 6.45) is 4.32. The fourth-order valence-corrected chi connectivity index (χ4v) is 3.77. The Morgan fingerprint density at radius 1 is 1.21 bits per heavy atom. The van der Waals surface area contributed by atoms with Crippen molar-refractivity contribution in [1.29, 1.82) is 0 Å². The number of carbonyl (C=O) groups excluding carboxylic acids is 3. The first-order chi connectivity index (χ1) is 13.5. The number of hydrogen-bond acceptors (Lipinski definition) is 7. The number of unbranched alkanes of at least 4 members (excludes halogenated alkanes) is 1. The van der Waals surface area contributed by atoms with Crippen LogP contribution in [0.1, 0.15) is 48.5 Å². The maximum Gasteiger partial charge on any atom is 0.337 e. The third-order valence-corrected chi connectivity index (χ3v) is 5.40. The van der Waals surface area contributed by atoms with E-state index >= 15 is 0 Å². The standard InChI is InChI=1S/C20H23NO5S2/c1-3-4-12-26-17(22)6-5-11-21-18(23)16(28-20(21)27)13-14-7-9-15(10-8-14)19(24)25-2/h7-10,13H,3-6,11-12H2,1-2H3/b16-13-. The lowest BCUT2D eigenvalue weighted by molar-refractivity contribution is -0.144. The van der Waals surface area contributed by atoms with E-state index in [0.29, 0.717) is 34.4 Å². The van der Waals surface area contributed by atoms with Crippen LogP contribution in [0, 0.1) is 0 Å². The van der Waals surface area contributed by atoms with Crippen LogP contribution in [0.5, 0.6) is 0 Å². The molecule has 0 bridgehead atoms. The van der Waals surface area contributed by atoms with Gasteiger partial charge in [0.05, 0.1) is 24.2 Å². The van der Waals surface area contributed by atoms with E-state index in [1.54, 1.807) is 30.3 Å². The van der Waals surface area contributed by atoms with Gasteiger partial charge in [0.15, 0.2) is 0 Å². The lowest BCUT2D eigenvalue weighted by Gasteiger charge is -2.13. The van der Waals surface area contributed by atoms with Gasteiger partial charge >= 0.3 is 11.9 Å². The molecule has 0 atom stereocenters. The molecule has 0 N–H and O–H groups in total. The van der Waals surface area contributed by atoms with E-state index in [1.165, 1.54) is 23.8 Å². The summed E-state index contributed by atoms with van der Waals surface area (Å²) >= 11 is 6.52. The molecule has 8 heteroatoms. The molecular weight excluding hydrogens is 398 g/mol. The van der Waals surface area contributed by atoms with Crippen LogP contribution in [0.4, 0.5) is 0 Å². The minimum absolute atomic E-state index is 0.175. The van der Waals surface area contributed by atoms with Crippen LogP contribution in [-0.2, 0) is 19.1 Å². The van der Waals surface area contributed by atoms with Crippen LogP contribution in [0.15, 0.2) is 29.2 Å². The molecule has 1 saturated heterocycles. The Morgan fingerprint density at radius 3 is 2.57 bits per heavy atom. The van der Waals surface area contributed by atoms with Crippen molar-refractivity contribution in [2.75, 3.05) is 20.3 Å². The van der Waals surface area contributed by atoms with Crippen molar-refractivity contribution in [3.8, 4) is 0 Å². The Kier molecular flexibility index (Phi) is 8.66. The van der Waals surface area contributed by atoms with Crippen molar-refractivity contribution in [3.05, 3.63) is 40.3 Å². The zero-order valence-corrected chi connectivity index (χ0v) is 17.6. The van der Waals surface area contributed by atoms with E-state index in [-0.39, 0.29) is 18.3 Å². The Morgan fingerprint density at radius 2 is 1.93 bits per heavy atom. The maximum absolute atomic E-state index is 12.6. The van der Waals surface area contributed by atoms with Gasteiger partial charge in [-0.1, -0.05) is 49.5 Å². The number of thiocarbonyl (C=S) groups is 1. The van der Waals surface area contributed by atoms with Gasteiger partial charge in [0.2, 0.25) is 0 Å². The number of nitrogens with zero attached hydrogens (tertiary/aromatic N) is 1. The average molecular weight is 422 g/mol. The molecule has 2 rings (SSSR count). The average Bonchev–Trinajstić information content (AvgIpc) is 2.95. The van der Waals surface area contributed by atoms with Crippen molar-refractivity contribution in [2.24, 2.45) is 0 Å². The van der Waals surface area contributed by atoms with Crippen LogP contribution in [0.2, 0.25) is 0 Å². The fourth-order valence-electron chi connectivity index (χ4n) is 2.46. The lowest BCUT2D eigenvalue weighted by atomic mass is 10.1. The van der Waals surface area contributed by atoms with E-state index in [2.05, 4.69) is 4.74 Å². The van der Waals surface area contributed by atoms with Crippen LogP contribution >= 0.6 is 24.0 Å². The molecule has 1 aromatic carbocycles. The third-order valence-electron chi connectivity index (χ3n) is 4.03.